The second-order valence-electron chi connectivity index (χ2n) is 2.47. The summed E-state index contributed by atoms with van der Waals surface area (Å²) >= 11 is 1.82. The summed E-state index contributed by atoms with van der Waals surface area (Å²) in [6.07, 6.45) is -1.52. The van der Waals surface area contributed by atoms with Gasteiger partial charge in [0, 0.05) is 21.9 Å². The molecule has 0 atom stereocenters. The predicted molar refractivity (Wildman–Crippen MR) is 54.5 cm³/mol. The molecule has 0 aliphatic heterocycles. The maximum Gasteiger partial charge on any atom is 0.280 e. The van der Waals surface area contributed by atoms with Gasteiger partial charge in [-0.2, -0.15) is 5.26 Å². The Morgan fingerprint density at radius 3 is 2.71 bits per heavy atom. The lowest BCUT2D eigenvalue weighted by Crippen LogP contribution is -2.08. The molecule has 0 radical (unpaired) electrons. The van der Waals surface area contributed by atoms with E-state index in [1.807, 2.05) is 28.7 Å². The van der Waals surface area contributed by atoms with Crippen LogP contribution in [0, 0.1) is 14.9 Å². The van der Waals surface area contributed by atoms with E-state index in [2.05, 4.69) is 4.98 Å². The van der Waals surface area contributed by atoms with Gasteiger partial charge in [0.05, 0.1) is 5.56 Å². The van der Waals surface area contributed by atoms with E-state index in [4.69, 9.17) is 11.0 Å². The zero-order valence-corrected chi connectivity index (χ0v) is 9.12. The summed E-state index contributed by atoms with van der Waals surface area (Å²) < 4.78 is 25.3. The molecule has 0 spiro atoms. The Morgan fingerprint density at radius 1 is 1.64 bits per heavy atom. The van der Waals surface area contributed by atoms with E-state index in [1.165, 1.54) is 0 Å². The molecule has 0 unspecified atom stereocenters. The Labute approximate surface area is 93.1 Å². The molecular weight excluding hydrogens is 303 g/mol. The number of rotatable bonds is 2. The van der Waals surface area contributed by atoms with Crippen LogP contribution in [0.25, 0.3) is 0 Å². The number of nitrogens with two attached hydrogens (primary N) is 1. The van der Waals surface area contributed by atoms with Crippen LogP contribution in [0.3, 0.4) is 0 Å². The van der Waals surface area contributed by atoms with Gasteiger partial charge in [0.1, 0.15) is 11.8 Å². The predicted octanol–water partition coefficient (Wildman–Crippen LogP) is 1.95. The molecule has 0 aliphatic rings. The molecule has 6 heteroatoms. The minimum atomic E-state index is -2.66. The van der Waals surface area contributed by atoms with Crippen LogP contribution in [0.2, 0.25) is 0 Å². The second kappa shape index (κ2) is 4.61. The summed E-state index contributed by atoms with van der Waals surface area (Å²) in [6, 6.07) is 1.87. The normalized spacial score (nSPS) is 10.3. The van der Waals surface area contributed by atoms with Crippen molar-refractivity contribution in [1.29, 1.82) is 5.26 Å². The first-order valence-electron chi connectivity index (χ1n) is 3.67. The Kier molecular flexibility index (Phi) is 3.71. The zero-order chi connectivity index (χ0) is 10.7. The average molecular weight is 309 g/mol. The van der Waals surface area contributed by atoms with Gasteiger partial charge in [-0.3, -0.25) is 4.98 Å². The van der Waals surface area contributed by atoms with Crippen LogP contribution in [-0.2, 0) is 6.54 Å². The standard InChI is InChI=1S/C8H6F2IN3/c9-8(10)7-5(2-13)6(11)4(1-12)3-14-7/h3,8H,2,13H2. The summed E-state index contributed by atoms with van der Waals surface area (Å²) in [5, 5.41) is 8.64. The highest BCUT2D eigenvalue weighted by Gasteiger charge is 2.18. The lowest BCUT2D eigenvalue weighted by Gasteiger charge is -2.08. The van der Waals surface area contributed by atoms with E-state index >= 15 is 0 Å². The summed E-state index contributed by atoms with van der Waals surface area (Å²) in [5.74, 6) is 0. The van der Waals surface area contributed by atoms with Gasteiger partial charge >= 0.3 is 0 Å². The Morgan fingerprint density at radius 2 is 2.29 bits per heavy atom. The number of hydrogen-bond donors (Lipinski definition) is 1. The molecule has 2 N–H and O–H groups in total. The highest BCUT2D eigenvalue weighted by Crippen LogP contribution is 2.25. The number of aromatic nitrogens is 1. The van der Waals surface area contributed by atoms with E-state index in [0.29, 0.717) is 3.57 Å². The van der Waals surface area contributed by atoms with Gasteiger partial charge in [-0.1, -0.05) is 0 Å². The van der Waals surface area contributed by atoms with Crippen LogP contribution in [-0.4, -0.2) is 4.98 Å². The van der Waals surface area contributed by atoms with E-state index in [-0.39, 0.29) is 23.4 Å². The van der Waals surface area contributed by atoms with Crippen LogP contribution in [0.1, 0.15) is 23.2 Å². The molecular formula is C8H6F2IN3. The summed E-state index contributed by atoms with van der Waals surface area (Å²) in [7, 11) is 0. The number of pyridine rings is 1. The van der Waals surface area contributed by atoms with Crippen LogP contribution in [0.4, 0.5) is 8.78 Å². The van der Waals surface area contributed by atoms with E-state index in [0.717, 1.165) is 6.20 Å². The summed E-state index contributed by atoms with van der Waals surface area (Å²) in [5.41, 5.74) is 5.51. The number of hydrogen-bond acceptors (Lipinski definition) is 3. The van der Waals surface area contributed by atoms with Crippen LogP contribution in [0.15, 0.2) is 6.20 Å². The van der Waals surface area contributed by atoms with Crippen molar-refractivity contribution in [2.75, 3.05) is 0 Å². The largest absolute Gasteiger partial charge is 0.326 e. The smallest absolute Gasteiger partial charge is 0.280 e. The minimum Gasteiger partial charge on any atom is -0.326 e. The number of halogens is 3. The third-order valence-electron chi connectivity index (χ3n) is 1.67. The topological polar surface area (TPSA) is 62.7 Å². The molecule has 0 fully saturated rings. The number of alkyl halides is 2. The van der Waals surface area contributed by atoms with Crippen molar-refractivity contribution >= 4 is 22.6 Å². The quantitative estimate of drug-likeness (QED) is 0.849. The van der Waals surface area contributed by atoms with Crippen LogP contribution < -0.4 is 5.73 Å². The molecule has 0 aromatic carbocycles. The van der Waals surface area contributed by atoms with Crippen molar-refractivity contribution in [2.45, 2.75) is 13.0 Å². The Balaban J connectivity index is 3.38. The monoisotopic (exact) mass is 309 g/mol. The summed E-state index contributed by atoms with van der Waals surface area (Å²) in [6.45, 7) is -0.0412. The number of nitrogens with zero attached hydrogens (tertiary/aromatic N) is 2. The maximum absolute atomic E-state index is 12.4. The van der Waals surface area contributed by atoms with Crippen molar-refractivity contribution < 1.29 is 8.78 Å². The Hall–Kier alpha value is -0.810. The van der Waals surface area contributed by atoms with E-state index in [1.54, 1.807) is 0 Å². The van der Waals surface area contributed by atoms with Crippen molar-refractivity contribution in [3.05, 3.63) is 26.6 Å². The molecule has 1 heterocycles. The third-order valence-corrected chi connectivity index (χ3v) is 2.91. The lowest BCUT2D eigenvalue weighted by molar-refractivity contribution is 0.144. The van der Waals surface area contributed by atoms with Gasteiger partial charge in [-0.05, 0) is 22.6 Å². The maximum atomic E-state index is 12.4. The molecule has 1 rings (SSSR count). The van der Waals surface area contributed by atoms with Crippen molar-refractivity contribution in [3.63, 3.8) is 0 Å². The van der Waals surface area contributed by atoms with Gasteiger partial charge in [0.2, 0.25) is 0 Å². The third kappa shape index (κ3) is 1.99. The highest BCUT2D eigenvalue weighted by atomic mass is 127. The van der Waals surface area contributed by atoms with Gasteiger partial charge in [0.25, 0.3) is 6.43 Å². The molecule has 0 saturated heterocycles. The molecule has 74 valence electrons. The van der Waals surface area contributed by atoms with Crippen molar-refractivity contribution in [1.82, 2.24) is 4.98 Å². The summed E-state index contributed by atoms with van der Waals surface area (Å²) in [4.78, 5) is 3.52. The minimum absolute atomic E-state index is 0.0412. The molecule has 3 nitrogen and oxygen atoms in total. The molecule has 1 aromatic rings. The van der Waals surface area contributed by atoms with Crippen molar-refractivity contribution in [3.8, 4) is 6.07 Å². The SMILES string of the molecule is N#Cc1cnc(C(F)F)c(CN)c1I. The number of nitriles is 1. The van der Waals surface area contributed by atoms with Crippen molar-refractivity contribution in [2.24, 2.45) is 5.73 Å². The van der Waals surface area contributed by atoms with Gasteiger partial charge < -0.3 is 5.73 Å². The Bertz CT molecular complexity index is 387. The second-order valence-corrected chi connectivity index (χ2v) is 3.55. The first kappa shape index (κ1) is 11.3. The zero-order valence-electron chi connectivity index (χ0n) is 6.97. The fraction of sp³-hybridized carbons (Fsp3) is 0.250. The van der Waals surface area contributed by atoms with Gasteiger partial charge in [-0.15, -0.1) is 0 Å². The van der Waals surface area contributed by atoms with Gasteiger partial charge in [0.15, 0.2) is 0 Å². The van der Waals surface area contributed by atoms with E-state index < -0.39 is 6.43 Å². The van der Waals surface area contributed by atoms with Crippen LogP contribution in [0.5, 0.6) is 0 Å². The molecule has 0 bridgehead atoms. The highest BCUT2D eigenvalue weighted by molar-refractivity contribution is 14.1. The fourth-order valence-corrected chi connectivity index (χ4v) is 1.76. The fourth-order valence-electron chi connectivity index (χ4n) is 1.00. The molecule has 0 amide bonds. The van der Waals surface area contributed by atoms with E-state index in [9.17, 15) is 8.78 Å². The lowest BCUT2D eigenvalue weighted by atomic mass is 10.1. The molecule has 0 saturated carbocycles. The van der Waals surface area contributed by atoms with Gasteiger partial charge in [-0.25, -0.2) is 8.78 Å². The molecule has 14 heavy (non-hydrogen) atoms. The molecule has 0 aliphatic carbocycles. The first-order valence-corrected chi connectivity index (χ1v) is 4.75. The van der Waals surface area contributed by atoms with Crippen LogP contribution >= 0.6 is 22.6 Å². The first-order chi connectivity index (χ1) is 6.61. The molecule has 1 aromatic heterocycles. The average Bonchev–Trinajstić information content (AvgIpc) is 2.17.